The molecule has 7 nitrogen and oxygen atoms in total. The number of hydrogen-bond acceptors (Lipinski definition) is 5. The van der Waals surface area contributed by atoms with E-state index in [4.69, 9.17) is 9.47 Å². The van der Waals surface area contributed by atoms with Crippen LogP contribution in [-0.4, -0.2) is 52.8 Å². The highest BCUT2D eigenvalue weighted by Gasteiger charge is 2.28. The van der Waals surface area contributed by atoms with Crippen LogP contribution in [0.1, 0.15) is 12.0 Å². The molecule has 22 heavy (non-hydrogen) atoms. The predicted octanol–water partition coefficient (Wildman–Crippen LogP) is 1.12. The van der Waals surface area contributed by atoms with E-state index in [2.05, 4.69) is 4.72 Å². The number of ether oxygens (including phenoxy) is 2. The second kappa shape index (κ2) is 6.53. The monoisotopic (exact) mass is 328 g/mol. The molecule has 0 aliphatic carbocycles. The van der Waals surface area contributed by atoms with E-state index in [-0.39, 0.29) is 23.6 Å². The Balaban J connectivity index is 1.94. The lowest BCUT2D eigenvalue weighted by Gasteiger charge is -2.11. The van der Waals surface area contributed by atoms with Crippen LogP contribution in [0.2, 0.25) is 0 Å². The molecule has 122 valence electrons. The number of aryl methyl sites for hydroxylation is 1. The lowest BCUT2D eigenvalue weighted by Crippen LogP contribution is -2.28. The zero-order chi connectivity index (χ0) is 16.3. The molecule has 1 heterocycles. The first-order valence-electron chi connectivity index (χ1n) is 6.89. The summed E-state index contributed by atoms with van der Waals surface area (Å²) in [6, 6.07) is 4.68. The maximum atomic E-state index is 12.2. The van der Waals surface area contributed by atoms with E-state index in [1.807, 2.05) is 0 Å². The summed E-state index contributed by atoms with van der Waals surface area (Å²) in [6.07, 6.45) is -0.221. The van der Waals surface area contributed by atoms with Gasteiger partial charge in [0.05, 0.1) is 18.6 Å². The van der Waals surface area contributed by atoms with Crippen LogP contribution in [0.3, 0.4) is 0 Å². The van der Waals surface area contributed by atoms with E-state index in [0.717, 1.165) is 5.56 Å². The Morgan fingerprint density at radius 2 is 2.18 bits per heavy atom. The zero-order valence-corrected chi connectivity index (χ0v) is 13.6. The van der Waals surface area contributed by atoms with Crippen molar-refractivity contribution >= 4 is 16.1 Å². The van der Waals surface area contributed by atoms with Gasteiger partial charge in [-0.05, 0) is 37.1 Å². The molecular formula is C14H20N2O5S. The quantitative estimate of drug-likeness (QED) is 0.846. The highest BCUT2D eigenvalue weighted by molar-refractivity contribution is 7.89. The van der Waals surface area contributed by atoms with Crippen LogP contribution in [0.15, 0.2) is 23.1 Å². The molecule has 8 heteroatoms. The average Bonchev–Trinajstić information content (AvgIpc) is 2.77. The van der Waals surface area contributed by atoms with Crippen molar-refractivity contribution in [3.8, 4) is 5.75 Å². The van der Waals surface area contributed by atoms with Gasteiger partial charge in [-0.25, -0.2) is 17.9 Å². The number of hydrogen-bond donors (Lipinski definition) is 1. The second-order valence-electron chi connectivity index (χ2n) is 5.20. The average molecular weight is 328 g/mol. The highest BCUT2D eigenvalue weighted by atomic mass is 32.2. The topological polar surface area (TPSA) is 84.9 Å². The lowest BCUT2D eigenvalue weighted by atomic mass is 10.2. The molecular weight excluding hydrogens is 308 g/mol. The molecule has 1 amide bonds. The fourth-order valence-corrected chi connectivity index (χ4v) is 3.39. The molecule has 1 aliphatic rings. The van der Waals surface area contributed by atoms with Crippen LogP contribution in [0.5, 0.6) is 5.75 Å². The second-order valence-corrected chi connectivity index (χ2v) is 6.97. The van der Waals surface area contributed by atoms with Gasteiger partial charge in [-0.15, -0.1) is 0 Å². The molecule has 0 saturated carbocycles. The molecule has 1 N–H and O–H groups in total. The minimum Gasteiger partial charge on any atom is -0.496 e. The van der Waals surface area contributed by atoms with Gasteiger partial charge in [-0.3, -0.25) is 0 Å². The van der Waals surface area contributed by atoms with Crippen LogP contribution >= 0.6 is 0 Å². The Morgan fingerprint density at radius 3 is 2.73 bits per heavy atom. The van der Waals surface area contributed by atoms with E-state index in [0.29, 0.717) is 18.7 Å². The smallest absolute Gasteiger partial charge is 0.409 e. The Bertz CT molecular complexity index is 659. The van der Waals surface area contributed by atoms with Crippen molar-refractivity contribution in [2.45, 2.75) is 24.3 Å². The number of rotatable bonds is 6. The van der Waals surface area contributed by atoms with Crippen LogP contribution in [-0.2, 0) is 14.8 Å². The molecule has 1 aliphatic heterocycles. The fourth-order valence-electron chi connectivity index (χ4n) is 2.26. The maximum absolute atomic E-state index is 12.2. The normalized spacial score (nSPS) is 18.4. The number of carbonyl (C=O) groups is 1. The summed E-state index contributed by atoms with van der Waals surface area (Å²) in [7, 11) is -0.404. The third-order valence-corrected chi connectivity index (χ3v) is 4.95. The van der Waals surface area contributed by atoms with Gasteiger partial charge in [-0.2, -0.15) is 0 Å². The number of sulfonamides is 1. The molecule has 0 radical (unpaired) electrons. The third kappa shape index (κ3) is 3.69. The molecule has 1 saturated heterocycles. The molecule has 1 unspecified atom stereocenters. The van der Waals surface area contributed by atoms with Crippen molar-refractivity contribution < 1.29 is 22.7 Å². The standard InChI is InChI=1S/C14H20N2O5S/c1-10-8-12(4-5-13(10)20-3)22(18,19)15-7-6-11-9-16(2)14(17)21-11/h4-5,8,11,15H,6-7,9H2,1-3H3. The first-order valence-corrected chi connectivity index (χ1v) is 8.38. The Kier molecular flexibility index (Phi) is 4.92. The Morgan fingerprint density at radius 1 is 1.45 bits per heavy atom. The number of benzene rings is 1. The molecule has 0 aromatic heterocycles. The molecule has 0 bridgehead atoms. The Labute approximate surface area is 130 Å². The van der Waals surface area contributed by atoms with Gasteiger partial charge in [0.2, 0.25) is 10.0 Å². The van der Waals surface area contributed by atoms with E-state index in [1.54, 1.807) is 26.1 Å². The van der Waals surface area contributed by atoms with Crippen LogP contribution in [0.4, 0.5) is 4.79 Å². The maximum Gasteiger partial charge on any atom is 0.409 e. The van der Waals surface area contributed by atoms with Gasteiger partial charge >= 0.3 is 6.09 Å². The number of amides is 1. The number of cyclic esters (lactones) is 1. The summed E-state index contributed by atoms with van der Waals surface area (Å²) in [5, 5.41) is 0. The summed E-state index contributed by atoms with van der Waals surface area (Å²) >= 11 is 0. The van der Waals surface area contributed by atoms with E-state index in [9.17, 15) is 13.2 Å². The summed E-state index contributed by atoms with van der Waals surface area (Å²) in [4.78, 5) is 12.9. The summed E-state index contributed by atoms with van der Waals surface area (Å²) < 4.78 is 37.1. The van der Waals surface area contributed by atoms with Crippen LogP contribution in [0.25, 0.3) is 0 Å². The van der Waals surface area contributed by atoms with Crippen molar-refractivity contribution in [3.05, 3.63) is 23.8 Å². The van der Waals surface area contributed by atoms with Crippen LogP contribution in [0, 0.1) is 6.92 Å². The highest BCUT2D eigenvalue weighted by Crippen LogP contribution is 2.21. The molecule has 1 aromatic carbocycles. The predicted molar refractivity (Wildman–Crippen MR) is 80.4 cm³/mol. The van der Waals surface area contributed by atoms with E-state index in [1.165, 1.54) is 18.1 Å². The molecule has 1 atom stereocenters. The van der Waals surface area contributed by atoms with Crippen molar-refractivity contribution in [3.63, 3.8) is 0 Å². The summed E-state index contributed by atoms with van der Waals surface area (Å²) in [5.74, 6) is 0.639. The van der Waals surface area contributed by atoms with E-state index >= 15 is 0 Å². The summed E-state index contributed by atoms with van der Waals surface area (Å²) in [6.45, 7) is 2.47. The van der Waals surface area contributed by atoms with Crippen molar-refractivity contribution in [2.75, 3.05) is 27.2 Å². The SMILES string of the molecule is COc1ccc(S(=O)(=O)NCCC2CN(C)C(=O)O2)cc1C. The number of nitrogens with zero attached hydrogens (tertiary/aromatic N) is 1. The van der Waals surface area contributed by atoms with Gasteiger partial charge in [0.1, 0.15) is 11.9 Å². The first-order chi connectivity index (χ1) is 10.3. The van der Waals surface area contributed by atoms with Crippen molar-refractivity contribution in [1.82, 2.24) is 9.62 Å². The minimum absolute atomic E-state index is 0.186. The van der Waals surface area contributed by atoms with Gasteiger partial charge in [0.15, 0.2) is 0 Å². The largest absolute Gasteiger partial charge is 0.496 e. The van der Waals surface area contributed by atoms with Crippen molar-refractivity contribution in [2.24, 2.45) is 0 Å². The van der Waals surface area contributed by atoms with Gasteiger partial charge in [-0.1, -0.05) is 0 Å². The number of likely N-dealkylation sites (N-methyl/N-ethyl adjacent to an activating group) is 1. The van der Waals surface area contributed by atoms with Gasteiger partial charge < -0.3 is 14.4 Å². The molecule has 0 spiro atoms. The number of methoxy groups -OCH3 is 1. The third-order valence-electron chi connectivity index (χ3n) is 3.49. The lowest BCUT2D eigenvalue weighted by molar-refractivity contribution is 0.131. The number of nitrogens with one attached hydrogen (secondary N) is 1. The first kappa shape index (κ1) is 16.6. The molecule has 2 rings (SSSR count). The van der Waals surface area contributed by atoms with E-state index < -0.39 is 10.0 Å². The van der Waals surface area contributed by atoms with Gasteiger partial charge in [0, 0.05) is 13.6 Å². The van der Waals surface area contributed by atoms with Crippen LogP contribution < -0.4 is 9.46 Å². The van der Waals surface area contributed by atoms with Crippen molar-refractivity contribution in [1.29, 1.82) is 0 Å². The molecule has 1 aromatic rings. The zero-order valence-electron chi connectivity index (χ0n) is 12.8. The Hall–Kier alpha value is -1.80. The molecule has 1 fully saturated rings. The van der Waals surface area contributed by atoms with Gasteiger partial charge in [0.25, 0.3) is 0 Å². The summed E-state index contributed by atoms with van der Waals surface area (Å²) in [5.41, 5.74) is 0.747. The number of carbonyl (C=O) groups excluding carboxylic acids is 1. The minimum atomic E-state index is -3.59. The fraction of sp³-hybridized carbons (Fsp3) is 0.500.